The number of carbonyl (C=O) groups excluding carboxylic acids is 1. The van der Waals surface area contributed by atoms with Gasteiger partial charge in [0.25, 0.3) is 5.91 Å². The summed E-state index contributed by atoms with van der Waals surface area (Å²) in [6.07, 6.45) is 2.32. The van der Waals surface area contributed by atoms with Crippen LogP contribution in [-0.2, 0) is 4.74 Å². The molecule has 21 heavy (non-hydrogen) atoms. The highest BCUT2D eigenvalue weighted by molar-refractivity contribution is 7.08. The van der Waals surface area contributed by atoms with Gasteiger partial charge in [-0.1, -0.05) is 0 Å². The summed E-state index contributed by atoms with van der Waals surface area (Å²) in [5.74, 6) is 0.130. The van der Waals surface area contributed by atoms with Gasteiger partial charge in [-0.3, -0.25) is 4.79 Å². The molecular formula is C16H23NO3S. The van der Waals surface area contributed by atoms with E-state index in [0.717, 1.165) is 43.5 Å². The summed E-state index contributed by atoms with van der Waals surface area (Å²) in [5.41, 5.74) is 1.77. The van der Waals surface area contributed by atoms with Gasteiger partial charge in [-0.25, -0.2) is 0 Å². The zero-order chi connectivity index (χ0) is 15.0. The molecule has 4 nitrogen and oxygen atoms in total. The Morgan fingerprint density at radius 3 is 2.71 bits per heavy atom. The third kappa shape index (κ3) is 2.41. The van der Waals surface area contributed by atoms with E-state index in [1.165, 1.54) is 0 Å². The zero-order valence-corrected chi connectivity index (χ0v) is 13.5. The Morgan fingerprint density at radius 1 is 1.48 bits per heavy atom. The van der Waals surface area contributed by atoms with Gasteiger partial charge < -0.3 is 14.7 Å². The molecule has 1 saturated heterocycles. The number of amides is 1. The second kappa shape index (κ2) is 5.71. The third-order valence-electron chi connectivity index (χ3n) is 5.18. The van der Waals surface area contributed by atoms with Gasteiger partial charge >= 0.3 is 0 Å². The Labute approximate surface area is 129 Å². The SMILES string of the molecule is CCO[C@@H]1C[C@@H](O)C12CCN(C(=O)c1cscc1C)CC2. The quantitative estimate of drug-likeness (QED) is 0.933. The molecule has 2 atom stereocenters. The first-order chi connectivity index (χ1) is 10.1. The number of nitrogens with zero attached hydrogens (tertiary/aromatic N) is 1. The van der Waals surface area contributed by atoms with Crippen LogP contribution >= 0.6 is 11.3 Å². The van der Waals surface area contributed by atoms with Crippen LogP contribution in [0.3, 0.4) is 0 Å². The van der Waals surface area contributed by atoms with Crippen LogP contribution in [0.5, 0.6) is 0 Å². The van der Waals surface area contributed by atoms with E-state index in [2.05, 4.69) is 0 Å². The number of thiophene rings is 1. The summed E-state index contributed by atoms with van der Waals surface area (Å²) in [6.45, 7) is 6.10. The number of aliphatic hydroxyl groups excluding tert-OH is 1. The predicted molar refractivity (Wildman–Crippen MR) is 82.7 cm³/mol. The highest BCUT2D eigenvalue weighted by Gasteiger charge is 2.56. The molecule has 1 amide bonds. The van der Waals surface area contributed by atoms with E-state index >= 15 is 0 Å². The van der Waals surface area contributed by atoms with E-state index in [4.69, 9.17) is 4.74 Å². The number of hydrogen-bond donors (Lipinski definition) is 1. The Kier molecular flexibility index (Phi) is 4.08. The minimum atomic E-state index is -0.269. The number of aliphatic hydroxyl groups is 1. The maximum Gasteiger partial charge on any atom is 0.254 e. The van der Waals surface area contributed by atoms with Crippen LogP contribution in [0.1, 0.15) is 42.1 Å². The molecule has 2 fully saturated rings. The smallest absolute Gasteiger partial charge is 0.254 e. The lowest BCUT2D eigenvalue weighted by atomic mass is 9.58. The number of hydrogen-bond acceptors (Lipinski definition) is 4. The first-order valence-electron chi connectivity index (χ1n) is 7.70. The van der Waals surface area contributed by atoms with Crippen molar-refractivity contribution in [3.05, 3.63) is 21.9 Å². The van der Waals surface area contributed by atoms with Gasteiger partial charge in [-0.2, -0.15) is 11.3 Å². The Hall–Kier alpha value is -0.910. The maximum atomic E-state index is 12.5. The highest BCUT2D eigenvalue weighted by Crippen LogP contribution is 2.51. The lowest BCUT2D eigenvalue weighted by molar-refractivity contribution is -0.207. The lowest BCUT2D eigenvalue weighted by Gasteiger charge is -2.56. The lowest BCUT2D eigenvalue weighted by Crippen LogP contribution is -2.62. The number of aryl methyl sites for hydroxylation is 1. The molecule has 116 valence electrons. The van der Waals surface area contributed by atoms with Crippen molar-refractivity contribution < 1.29 is 14.6 Å². The van der Waals surface area contributed by atoms with Gasteiger partial charge in [0.1, 0.15) is 0 Å². The van der Waals surface area contributed by atoms with Gasteiger partial charge in [0, 0.05) is 36.9 Å². The second-order valence-electron chi connectivity index (χ2n) is 6.19. The first-order valence-corrected chi connectivity index (χ1v) is 8.64. The molecule has 2 aliphatic rings. The molecule has 0 unspecified atom stereocenters. The summed E-state index contributed by atoms with van der Waals surface area (Å²) >= 11 is 1.57. The summed E-state index contributed by atoms with van der Waals surface area (Å²) in [5, 5.41) is 14.1. The molecule has 0 aromatic carbocycles. The topological polar surface area (TPSA) is 49.8 Å². The van der Waals surface area contributed by atoms with E-state index in [1.807, 2.05) is 29.5 Å². The van der Waals surface area contributed by atoms with Crippen molar-refractivity contribution in [2.75, 3.05) is 19.7 Å². The van der Waals surface area contributed by atoms with Crippen LogP contribution in [0.2, 0.25) is 0 Å². The Bertz CT molecular complexity index is 517. The van der Waals surface area contributed by atoms with Crippen molar-refractivity contribution in [3.63, 3.8) is 0 Å². The molecule has 1 aromatic rings. The average Bonchev–Trinajstić information content (AvgIpc) is 2.92. The van der Waals surface area contributed by atoms with Crippen LogP contribution in [0.4, 0.5) is 0 Å². The molecule has 1 aromatic heterocycles. The van der Waals surface area contributed by atoms with Crippen LogP contribution in [0.15, 0.2) is 10.8 Å². The molecule has 1 aliphatic carbocycles. The molecule has 1 spiro atoms. The highest BCUT2D eigenvalue weighted by atomic mass is 32.1. The molecule has 0 bridgehead atoms. The first kappa shape index (κ1) is 15.0. The third-order valence-corrected chi connectivity index (χ3v) is 6.04. The van der Waals surface area contributed by atoms with Crippen molar-refractivity contribution in [1.82, 2.24) is 4.90 Å². The van der Waals surface area contributed by atoms with Gasteiger partial charge in [-0.15, -0.1) is 0 Å². The summed E-state index contributed by atoms with van der Waals surface area (Å²) < 4.78 is 5.77. The average molecular weight is 309 g/mol. The molecule has 1 aliphatic heterocycles. The maximum absolute atomic E-state index is 12.5. The van der Waals surface area contributed by atoms with Gasteiger partial charge in [0.15, 0.2) is 0 Å². The molecule has 5 heteroatoms. The van der Waals surface area contributed by atoms with Gasteiger partial charge in [0.2, 0.25) is 0 Å². The minimum absolute atomic E-state index is 0.115. The predicted octanol–water partition coefficient (Wildman–Crippen LogP) is 2.45. The molecule has 1 saturated carbocycles. The standard InChI is InChI=1S/C16H23NO3S/c1-3-20-14-8-13(18)16(14)4-6-17(7-5-16)15(19)12-10-21-9-11(12)2/h9-10,13-14,18H,3-8H2,1-2H3/t13-,14-/m1/s1. The van der Waals surface area contributed by atoms with Crippen molar-refractivity contribution in [2.24, 2.45) is 5.41 Å². The number of ether oxygens (including phenoxy) is 1. The second-order valence-corrected chi connectivity index (χ2v) is 6.93. The van der Waals surface area contributed by atoms with Crippen molar-refractivity contribution in [3.8, 4) is 0 Å². The Morgan fingerprint density at radius 2 is 2.19 bits per heavy atom. The molecular weight excluding hydrogens is 286 g/mol. The van der Waals surface area contributed by atoms with Crippen LogP contribution in [0, 0.1) is 12.3 Å². The van der Waals surface area contributed by atoms with E-state index in [-0.39, 0.29) is 23.5 Å². The number of piperidine rings is 1. The largest absolute Gasteiger partial charge is 0.392 e. The number of likely N-dealkylation sites (tertiary alicyclic amines) is 1. The monoisotopic (exact) mass is 309 g/mol. The van der Waals surface area contributed by atoms with Crippen LogP contribution < -0.4 is 0 Å². The van der Waals surface area contributed by atoms with Crippen molar-refractivity contribution in [2.45, 2.75) is 45.3 Å². The fourth-order valence-electron chi connectivity index (χ4n) is 3.69. The minimum Gasteiger partial charge on any atom is -0.392 e. The van der Waals surface area contributed by atoms with Crippen molar-refractivity contribution in [1.29, 1.82) is 0 Å². The molecule has 3 rings (SSSR count). The van der Waals surface area contributed by atoms with Crippen molar-refractivity contribution >= 4 is 17.2 Å². The van der Waals surface area contributed by atoms with Crippen LogP contribution in [-0.4, -0.2) is 47.8 Å². The molecule has 1 N–H and O–H groups in total. The fourth-order valence-corrected chi connectivity index (χ4v) is 4.51. The number of rotatable bonds is 3. The fraction of sp³-hybridized carbons (Fsp3) is 0.688. The van der Waals surface area contributed by atoms with Gasteiger partial charge in [0.05, 0.1) is 17.8 Å². The zero-order valence-electron chi connectivity index (χ0n) is 12.7. The van der Waals surface area contributed by atoms with Gasteiger partial charge in [-0.05, 0) is 37.6 Å². The molecule has 2 heterocycles. The van der Waals surface area contributed by atoms with E-state index in [1.54, 1.807) is 11.3 Å². The van der Waals surface area contributed by atoms with E-state index in [9.17, 15) is 9.90 Å². The molecule has 0 radical (unpaired) electrons. The number of carbonyl (C=O) groups is 1. The summed E-state index contributed by atoms with van der Waals surface area (Å²) in [6, 6.07) is 0. The van der Waals surface area contributed by atoms with E-state index < -0.39 is 0 Å². The van der Waals surface area contributed by atoms with Crippen LogP contribution in [0.25, 0.3) is 0 Å². The summed E-state index contributed by atoms with van der Waals surface area (Å²) in [7, 11) is 0. The van der Waals surface area contributed by atoms with E-state index in [0.29, 0.717) is 6.61 Å². The normalized spacial score (nSPS) is 27.7. The Balaban J connectivity index is 1.65. The summed E-state index contributed by atoms with van der Waals surface area (Å²) in [4.78, 5) is 14.5.